The molecule has 0 spiro atoms. The summed E-state index contributed by atoms with van der Waals surface area (Å²) < 4.78 is 6.35. The molecule has 16 heavy (non-hydrogen) atoms. The lowest BCUT2D eigenvalue weighted by Gasteiger charge is -2.23. The fourth-order valence-electron chi connectivity index (χ4n) is 1.98. The van der Waals surface area contributed by atoms with Crippen LogP contribution >= 0.6 is 15.9 Å². The Balaban J connectivity index is 1.99. The zero-order chi connectivity index (χ0) is 11.5. The first-order chi connectivity index (χ1) is 7.66. The first kappa shape index (κ1) is 11.9. The van der Waals surface area contributed by atoms with Crippen molar-refractivity contribution >= 4 is 21.6 Å². The molecule has 0 aliphatic carbocycles. The first-order valence-electron chi connectivity index (χ1n) is 5.48. The van der Waals surface area contributed by atoms with Crippen molar-refractivity contribution in [3.63, 3.8) is 0 Å². The first-order valence-corrected chi connectivity index (χ1v) is 6.28. The Hall–Kier alpha value is -0.580. The molecule has 1 fully saturated rings. The van der Waals surface area contributed by atoms with Gasteiger partial charge in [-0.25, -0.2) is 0 Å². The van der Waals surface area contributed by atoms with E-state index in [0.29, 0.717) is 6.04 Å². The number of hydrogen-bond donors (Lipinski definition) is 1. The SMILES string of the molecule is CN(Cc1ccc(Br)c(N)c1)C1CCOC1. The summed E-state index contributed by atoms with van der Waals surface area (Å²) in [7, 11) is 2.14. The topological polar surface area (TPSA) is 38.5 Å². The van der Waals surface area contributed by atoms with Gasteiger partial charge in [0, 0.05) is 29.4 Å². The van der Waals surface area contributed by atoms with Crippen LogP contribution in [-0.2, 0) is 11.3 Å². The maximum absolute atomic E-state index is 5.86. The summed E-state index contributed by atoms with van der Waals surface area (Å²) in [6.07, 6.45) is 1.13. The molecule has 0 radical (unpaired) electrons. The minimum atomic E-state index is 0.546. The Labute approximate surface area is 105 Å². The van der Waals surface area contributed by atoms with Gasteiger partial charge in [-0.15, -0.1) is 0 Å². The molecule has 0 amide bonds. The van der Waals surface area contributed by atoms with Crippen LogP contribution in [0.4, 0.5) is 5.69 Å². The average Bonchev–Trinajstić information content (AvgIpc) is 2.77. The Kier molecular flexibility index (Phi) is 3.84. The highest BCUT2D eigenvalue weighted by atomic mass is 79.9. The molecule has 1 saturated heterocycles. The highest BCUT2D eigenvalue weighted by molar-refractivity contribution is 9.10. The molecule has 1 aliphatic heterocycles. The molecule has 1 atom stereocenters. The largest absolute Gasteiger partial charge is 0.398 e. The average molecular weight is 285 g/mol. The Morgan fingerprint density at radius 3 is 3.00 bits per heavy atom. The Morgan fingerprint density at radius 1 is 1.56 bits per heavy atom. The summed E-state index contributed by atoms with van der Waals surface area (Å²) in [5.74, 6) is 0. The summed E-state index contributed by atoms with van der Waals surface area (Å²) >= 11 is 3.40. The summed E-state index contributed by atoms with van der Waals surface area (Å²) in [6, 6.07) is 6.68. The minimum Gasteiger partial charge on any atom is -0.398 e. The number of anilines is 1. The van der Waals surface area contributed by atoms with Crippen LogP contribution in [-0.4, -0.2) is 31.2 Å². The van der Waals surface area contributed by atoms with Gasteiger partial charge in [-0.1, -0.05) is 6.07 Å². The monoisotopic (exact) mass is 284 g/mol. The number of likely N-dealkylation sites (N-methyl/N-ethyl adjacent to an activating group) is 1. The number of hydrogen-bond acceptors (Lipinski definition) is 3. The van der Waals surface area contributed by atoms with Crippen LogP contribution in [0.2, 0.25) is 0 Å². The van der Waals surface area contributed by atoms with Crippen LogP contribution in [0.3, 0.4) is 0 Å². The molecule has 1 unspecified atom stereocenters. The molecule has 2 rings (SSSR count). The summed E-state index contributed by atoms with van der Waals surface area (Å²) in [5, 5.41) is 0. The highest BCUT2D eigenvalue weighted by Gasteiger charge is 2.20. The Bertz CT molecular complexity index is 364. The fraction of sp³-hybridized carbons (Fsp3) is 0.500. The van der Waals surface area contributed by atoms with E-state index in [4.69, 9.17) is 10.5 Å². The standard InChI is InChI=1S/C12H17BrN2O/c1-15(10-4-5-16-8-10)7-9-2-3-11(13)12(14)6-9/h2-3,6,10H,4-5,7-8,14H2,1H3. The van der Waals surface area contributed by atoms with E-state index in [1.165, 1.54) is 5.56 Å². The van der Waals surface area contributed by atoms with Gasteiger partial charge in [-0.2, -0.15) is 0 Å². The van der Waals surface area contributed by atoms with Gasteiger partial charge in [-0.3, -0.25) is 4.90 Å². The second-order valence-electron chi connectivity index (χ2n) is 4.29. The van der Waals surface area contributed by atoms with E-state index >= 15 is 0 Å². The second kappa shape index (κ2) is 5.17. The van der Waals surface area contributed by atoms with E-state index in [0.717, 1.165) is 36.3 Å². The molecule has 88 valence electrons. The number of rotatable bonds is 3. The predicted molar refractivity (Wildman–Crippen MR) is 69.2 cm³/mol. The molecule has 1 heterocycles. The van der Waals surface area contributed by atoms with Crippen molar-refractivity contribution < 1.29 is 4.74 Å². The van der Waals surface area contributed by atoms with E-state index in [-0.39, 0.29) is 0 Å². The number of nitrogen functional groups attached to an aromatic ring is 1. The lowest BCUT2D eigenvalue weighted by molar-refractivity contribution is 0.156. The second-order valence-corrected chi connectivity index (χ2v) is 5.14. The van der Waals surface area contributed by atoms with E-state index < -0.39 is 0 Å². The molecule has 0 aromatic heterocycles. The van der Waals surface area contributed by atoms with Crippen molar-refractivity contribution in [2.75, 3.05) is 26.0 Å². The molecule has 3 nitrogen and oxygen atoms in total. The van der Waals surface area contributed by atoms with Crippen LogP contribution in [0.15, 0.2) is 22.7 Å². The van der Waals surface area contributed by atoms with Crippen molar-refractivity contribution in [2.24, 2.45) is 0 Å². The molecular formula is C12H17BrN2O. The van der Waals surface area contributed by atoms with Crippen LogP contribution in [0.25, 0.3) is 0 Å². The van der Waals surface area contributed by atoms with Gasteiger partial charge in [0.25, 0.3) is 0 Å². The van der Waals surface area contributed by atoms with E-state index in [1.807, 2.05) is 12.1 Å². The van der Waals surface area contributed by atoms with E-state index in [9.17, 15) is 0 Å². The Morgan fingerprint density at radius 2 is 2.38 bits per heavy atom. The van der Waals surface area contributed by atoms with Crippen molar-refractivity contribution in [2.45, 2.75) is 19.0 Å². The van der Waals surface area contributed by atoms with Gasteiger partial charge >= 0.3 is 0 Å². The lowest BCUT2D eigenvalue weighted by Crippen LogP contribution is -2.31. The zero-order valence-electron chi connectivity index (χ0n) is 9.45. The van der Waals surface area contributed by atoms with Crippen molar-refractivity contribution in [3.8, 4) is 0 Å². The molecule has 2 N–H and O–H groups in total. The number of nitrogens with zero attached hydrogens (tertiary/aromatic N) is 1. The maximum atomic E-state index is 5.86. The quantitative estimate of drug-likeness (QED) is 0.866. The highest BCUT2D eigenvalue weighted by Crippen LogP contribution is 2.22. The third-order valence-corrected chi connectivity index (χ3v) is 3.74. The van der Waals surface area contributed by atoms with Crippen molar-refractivity contribution in [3.05, 3.63) is 28.2 Å². The van der Waals surface area contributed by atoms with Crippen LogP contribution < -0.4 is 5.73 Å². The van der Waals surface area contributed by atoms with Gasteiger partial charge in [0.15, 0.2) is 0 Å². The van der Waals surface area contributed by atoms with Gasteiger partial charge < -0.3 is 10.5 Å². The normalized spacial score (nSPS) is 20.6. The number of halogens is 1. The number of benzene rings is 1. The molecule has 0 saturated carbocycles. The fourth-order valence-corrected chi connectivity index (χ4v) is 2.22. The van der Waals surface area contributed by atoms with Gasteiger partial charge in [-0.05, 0) is 47.1 Å². The van der Waals surface area contributed by atoms with Gasteiger partial charge in [0.2, 0.25) is 0 Å². The van der Waals surface area contributed by atoms with Gasteiger partial charge in [0.1, 0.15) is 0 Å². The van der Waals surface area contributed by atoms with Crippen LogP contribution in [0, 0.1) is 0 Å². The third kappa shape index (κ3) is 2.75. The molecule has 4 heteroatoms. The third-order valence-electron chi connectivity index (χ3n) is 3.02. The van der Waals surface area contributed by atoms with E-state index in [2.05, 4.69) is 33.9 Å². The lowest BCUT2D eigenvalue weighted by atomic mass is 10.1. The smallest absolute Gasteiger partial charge is 0.0622 e. The molecular weight excluding hydrogens is 268 g/mol. The summed E-state index contributed by atoms with van der Waals surface area (Å²) in [5.41, 5.74) is 7.90. The van der Waals surface area contributed by atoms with Crippen molar-refractivity contribution in [1.82, 2.24) is 4.90 Å². The molecule has 1 aromatic carbocycles. The van der Waals surface area contributed by atoms with Crippen LogP contribution in [0.1, 0.15) is 12.0 Å². The minimum absolute atomic E-state index is 0.546. The summed E-state index contributed by atoms with van der Waals surface area (Å²) in [4.78, 5) is 2.33. The van der Waals surface area contributed by atoms with Crippen molar-refractivity contribution in [1.29, 1.82) is 0 Å². The van der Waals surface area contributed by atoms with Gasteiger partial charge in [0.05, 0.1) is 6.61 Å². The number of nitrogens with two attached hydrogens (primary N) is 1. The number of ether oxygens (including phenoxy) is 1. The zero-order valence-corrected chi connectivity index (χ0v) is 11.0. The molecule has 1 aliphatic rings. The molecule has 1 aromatic rings. The maximum Gasteiger partial charge on any atom is 0.0622 e. The van der Waals surface area contributed by atoms with E-state index in [1.54, 1.807) is 0 Å². The summed E-state index contributed by atoms with van der Waals surface area (Å²) in [6.45, 7) is 2.66. The molecule has 0 bridgehead atoms. The van der Waals surface area contributed by atoms with Crippen LogP contribution in [0.5, 0.6) is 0 Å². The predicted octanol–water partition coefficient (Wildman–Crippen LogP) is 2.25.